The number of esters is 2. The molecule has 2 unspecified atom stereocenters. The van der Waals surface area contributed by atoms with E-state index in [1.165, 1.54) is 195 Å². The first-order chi connectivity index (χ1) is 40.9. The molecular weight excluding hydrogens is 1080 g/mol. The molecule has 0 radical (unpaired) electrons. The number of carboxylic acids is 1. The number of thioether (sulfide) groups is 1. The molecular formula is C68H124N4O11S. The number of aliphatic hydroxyl groups is 1. The zero-order valence-electron chi connectivity index (χ0n) is 53.9. The zero-order chi connectivity index (χ0) is 61.3. The Morgan fingerprint density at radius 1 is 0.500 bits per heavy atom. The van der Waals surface area contributed by atoms with Crippen LogP contribution in [0.4, 0.5) is 0 Å². The van der Waals surface area contributed by atoms with Gasteiger partial charge < -0.3 is 40.1 Å². The van der Waals surface area contributed by atoms with Gasteiger partial charge in [0.2, 0.25) is 23.6 Å². The number of hydrogen-bond donors (Lipinski definition) is 4. The van der Waals surface area contributed by atoms with E-state index < -0.39 is 60.6 Å². The largest absolute Gasteiger partial charge is 0.481 e. The molecule has 16 heteroatoms. The summed E-state index contributed by atoms with van der Waals surface area (Å²) in [6, 6.07) is -3.96. The Labute approximate surface area is 515 Å². The first-order valence-electron chi connectivity index (χ1n) is 34.8. The van der Waals surface area contributed by atoms with E-state index in [1.807, 2.05) is 0 Å². The van der Waals surface area contributed by atoms with Crippen LogP contribution in [0.5, 0.6) is 0 Å². The van der Waals surface area contributed by atoms with Crippen molar-refractivity contribution in [2.24, 2.45) is 5.92 Å². The number of aliphatic carboxylic acids is 1. The fraction of sp³-hybridized carbons (Fsp3) is 0.897. The summed E-state index contributed by atoms with van der Waals surface area (Å²) in [5.41, 5.74) is 0. The standard InChI is InChI=1S/C68H124N4O11S/c1-5-8-11-14-17-20-23-26-29-32-35-38-41-46-62(74)69-60(65(77)70-59(52-73)66(78)72-50-44-45-61(72)67(79)71-51-49-58(56(71)4)68(80)81)55-84-54-57(83-64(76)48-43-40-37-34-31-28-25-22-19-16-13-10-7-3)53-82-63(75)47-42-39-36-33-30-27-24-21-18-15-12-9-6-2/h56-61,73H,5-55H2,1-4H3,(H,69,74)(H,70,77)(H,80,81)/t56-,57?,58?,59+,60+,61+/m1/s1. The third-order valence-corrected chi connectivity index (χ3v) is 18.6. The molecule has 4 N–H and O–H groups in total. The minimum absolute atomic E-state index is 0.0325. The van der Waals surface area contributed by atoms with Crippen molar-refractivity contribution >= 4 is 53.3 Å². The maximum atomic E-state index is 14.3. The highest BCUT2D eigenvalue weighted by molar-refractivity contribution is 7.99. The number of unbranched alkanes of at least 4 members (excludes halogenated alkanes) is 36. The molecule has 0 saturated carbocycles. The number of hydrogen-bond acceptors (Lipinski definition) is 11. The Morgan fingerprint density at radius 2 is 0.917 bits per heavy atom. The molecule has 2 saturated heterocycles. The molecule has 2 aliphatic heterocycles. The molecule has 2 rings (SSSR count). The molecule has 2 fully saturated rings. The predicted octanol–water partition coefficient (Wildman–Crippen LogP) is 14.9. The minimum Gasteiger partial charge on any atom is -0.481 e. The van der Waals surface area contributed by atoms with E-state index in [4.69, 9.17) is 9.47 Å². The molecule has 2 heterocycles. The van der Waals surface area contributed by atoms with Gasteiger partial charge in [-0.15, -0.1) is 0 Å². The van der Waals surface area contributed by atoms with Crippen LogP contribution in [0, 0.1) is 5.92 Å². The van der Waals surface area contributed by atoms with Gasteiger partial charge in [-0.25, -0.2) is 0 Å². The highest BCUT2D eigenvalue weighted by Gasteiger charge is 2.45. The Morgan fingerprint density at radius 3 is 1.33 bits per heavy atom. The number of nitrogens with zero attached hydrogens (tertiary/aromatic N) is 2. The summed E-state index contributed by atoms with van der Waals surface area (Å²) in [6.45, 7) is 8.03. The molecule has 2 aliphatic rings. The summed E-state index contributed by atoms with van der Waals surface area (Å²) in [4.78, 5) is 97.0. The van der Waals surface area contributed by atoms with Crippen molar-refractivity contribution < 1.29 is 53.2 Å². The quantitative estimate of drug-likeness (QED) is 0.0331. The van der Waals surface area contributed by atoms with Gasteiger partial charge in [-0.1, -0.05) is 252 Å². The summed E-state index contributed by atoms with van der Waals surface area (Å²) in [6.07, 6.45) is 47.3. The summed E-state index contributed by atoms with van der Waals surface area (Å²) in [5.74, 6) is -4.18. The molecule has 0 aromatic heterocycles. The van der Waals surface area contributed by atoms with Gasteiger partial charge in [0.25, 0.3) is 0 Å². The van der Waals surface area contributed by atoms with Gasteiger partial charge in [0.15, 0.2) is 0 Å². The number of likely N-dealkylation sites (tertiary alicyclic amines) is 2. The number of aliphatic hydroxyl groups excluding tert-OH is 1. The van der Waals surface area contributed by atoms with E-state index >= 15 is 0 Å². The van der Waals surface area contributed by atoms with Crippen molar-refractivity contribution in [1.82, 2.24) is 20.4 Å². The fourth-order valence-electron chi connectivity index (χ4n) is 12.0. The second-order valence-electron chi connectivity index (χ2n) is 24.9. The van der Waals surface area contributed by atoms with Crippen LogP contribution in [-0.4, -0.2) is 130 Å². The van der Waals surface area contributed by atoms with E-state index in [9.17, 15) is 43.8 Å². The highest BCUT2D eigenvalue weighted by Crippen LogP contribution is 2.29. The first-order valence-corrected chi connectivity index (χ1v) is 36.0. The van der Waals surface area contributed by atoms with E-state index in [1.54, 1.807) is 6.92 Å². The number of carbonyl (C=O) groups is 7. The van der Waals surface area contributed by atoms with Crippen molar-refractivity contribution in [2.75, 3.05) is 37.8 Å². The topological polar surface area (TPSA) is 209 Å². The first kappa shape index (κ1) is 76.7. The number of carboxylic acid groups (broad SMARTS) is 1. The molecule has 15 nitrogen and oxygen atoms in total. The lowest BCUT2D eigenvalue weighted by Gasteiger charge is -2.32. The number of rotatable bonds is 56. The van der Waals surface area contributed by atoms with Crippen molar-refractivity contribution in [2.45, 2.75) is 347 Å². The number of ether oxygens (including phenoxy) is 2. The monoisotopic (exact) mass is 1200 g/mol. The average Bonchev–Trinajstić information content (AvgIpc) is 4.03. The molecule has 0 aliphatic carbocycles. The van der Waals surface area contributed by atoms with Crippen LogP contribution >= 0.6 is 11.8 Å². The van der Waals surface area contributed by atoms with Gasteiger partial charge >= 0.3 is 17.9 Å². The zero-order valence-corrected chi connectivity index (χ0v) is 54.7. The van der Waals surface area contributed by atoms with Crippen LogP contribution in [0.1, 0.15) is 317 Å². The fourth-order valence-corrected chi connectivity index (χ4v) is 13.0. The lowest BCUT2D eigenvalue weighted by Crippen LogP contribution is -2.58. The van der Waals surface area contributed by atoms with Crippen LogP contribution in [-0.2, 0) is 43.0 Å². The van der Waals surface area contributed by atoms with Crippen molar-refractivity contribution in [3.05, 3.63) is 0 Å². The highest BCUT2D eigenvalue weighted by atomic mass is 32.2. The molecule has 4 amide bonds. The minimum atomic E-state index is -1.41. The molecule has 0 aromatic carbocycles. The Bertz CT molecular complexity index is 1740. The molecule has 0 spiro atoms. The van der Waals surface area contributed by atoms with Crippen LogP contribution in [0.3, 0.4) is 0 Å². The molecule has 0 aromatic rings. The Balaban J connectivity index is 2.07. The van der Waals surface area contributed by atoms with Gasteiger partial charge in [-0.05, 0) is 45.4 Å². The summed E-state index contributed by atoms with van der Waals surface area (Å²) in [7, 11) is 0. The third-order valence-electron chi connectivity index (χ3n) is 17.4. The van der Waals surface area contributed by atoms with Gasteiger partial charge in [-0.3, -0.25) is 33.6 Å². The maximum absolute atomic E-state index is 14.3. The van der Waals surface area contributed by atoms with E-state index in [2.05, 4.69) is 31.4 Å². The van der Waals surface area contributed by atoms with Crippen molar-refractivity contribution in [1.29, 1.82) is 0 Å². The van der Waals surface area contributed by atoms with Crippen LogP contribution in [0.25, 0.3) is 0 Å². The van der Waals surface area contributed by atoms with Gasteiger partial charge in [0.05, 0.1) is 12.5 Å². The average molecular weight is 1210 g/mol. The summed E-state index contributed by atoms with van der Waals surface area (Å²) >= 11 is 1.26. The van der Waals surface area contributed by atoms with E-state index in [0.717, 1.165) is 64.2 Å². The normalized spacial score (nSPS) is 17.0. The Hall–Kier alpha value is -3.40. The lowest BCUT2D eigenvalue weighted by molar-refractivity contribution is -0.157. The number of carbonyl (C=O) groups excluding carboxylic acids is 6. The second-order valence-corrected chi connectivity index (χ2v) is 25.9. The SMILES string of the molecule is CCCCCCCCCCCCCCCC(=O)N[C@@H](CSCC(COC(=O)CCCCCCCCCCCCCCC)OC(=O)CCCCCCCCCCCCCCC)C(=O)N[C@@H](CO)C(=O)N1CCC[C@H]1C(=O)N1CCC(C(=O)O)[C@H]1C. The van der Waals surface area contributed by atoms with Gasteiger partial charge in [0, 0.05) is 49.9 Å². The Kier molecular flexibility index (Phi) is 47.1. The van der Waals surface area contributed by atoms with Crippen LogP contribution in [0.15, 0.2) is 0 Å². The van der Waals surface area contributed by atoms with Crippen molar-refractivity contribution in [3.63, 3.8) is 0 Å². The van der Waals surface area contributed by atoms with Gasteiger partial charge in [-0.2, -0.15) is 11.8 Å². The van der Waals surface area contributed by atoms with Crippen LogP contribution in [0.2, 0.25) is 0 Å². The lowest BCUT2D eigenvalue weighted by atomic mass is 10.0. The van der Waals surface area contributed by atoms with Crippen molar-refractivity contribution in [3.8, 4) is 0 Å². The predicted molar refractivity (Wildman–Crippen MR) is 342 cm³/mol. The summed E-state index contributed by atoms with van der Waals surface area (Å²) in [5, 5.41) is 25.9. The summed E-state index contributed by atoms with van der Waals surface area (Å²) < 4.78 is 11.7. The molecule has 488 valence electrons. The smallest absolute Gasteiger partial charge is 0.308 e. The third kappa shape index (κ3) is 36.7. The molecule has 6 atom stereocenters. The number of nitrogens with one attached hydrogen (secondary N) is 2. The number of amides is 4. The maximum Gasteiger partial charge on any atom is 0.308 e. The van der Waals surface area contributed by atoms with Gasteiger partial charge in [0.1, 0.15) is 30.8 Å². The van der Waals surface area contributed by atoms with E-state index in [-0.39, 0.29) is 74.2 Å². The second kappa shape index (κ2) is 51.6. The molecule has 0 bridgehead atoms. The van der Waals surface area contributed by atoms with E-state index in [0.29, 0.717) is 32.1 Å². The van der Waals surface area contributed by atoms with Crippen LogP contribution < -0.4 is 10.6 Å². The molecule has 84 heavy (non-hydrogen) atoms.